The summed E-state index contributed by atoms with van der Waals surface area (Å²) in [7, 11) is 0. The van der Waals surface area contributed by atoms with Crippen molar-refractivity contribution in [2.24, 2.45) is 0 Å². The van der Waals surface area contributed by atoms with Crippen LogP contribution in [0.4, 0.5) is 4.39 Å². The Morgan fingerprint density at radius 1 is 1.20 bits per heavy atom. The summed E-state index contributed by atoms with van der Waals surface area (Å²) in [6.07, 6.45) is 2.37. The molecule has 7 heteroatoms. The molecule has 0 spiro atoms. The standard InChI is InChI=1S/C23H25FN2O4/c1-13(2)22-18(8-7-16(27)11-17(28)12-20(29)30)21(14-3-5-15(24)6-4-14)19-9-10-25-23(19)26-22/h3-10,13,16-17,27-28H,11-12H2,1-2H3,(H,25,26)(H,29,30)/b8-7+. The number of aromatic amines is 1. The van der Waals surface area contributed by atoms with Gasteiger partial charge in [0.05, 0.1) is 24.3 Å². The molecule has 0 bridgehead atoms. The molecule has 0 aliphatic heterocycles. The van der Waals surface area contributed by atoms with Crippen molar-refractivity contribution < 1.29 is 24.5 Å². The van der Waals surface area contributed by atoms with E-state index in [2.05, 4.69) is 4.98 Å². The monoisotopic (exact) mass is 412 g/mol. The highest BCUT2D eigenvalue weighted by Gasteiger charge is 2.19. The fraction of sp³-hybridized carbons (Fsp3) is 0.304. The molecule has 0 radical (unpaired) electrons. The van der Waals surface area contributed by atoms with Crippen LogP contribution in [0.2, 0.25) is 0 Å². The largest absolute Gasteiger partial charge is 0.481 e. The number of benzene rings is 1. The second kappa shape index (κ2) is 9.19. The van der Waals surface area contributed by atoms with Crippen molar-refractivity contribution in [3.05, 3.63) is 59.7 Å². The lowest BCUT2D eigenvalue weighted by Crippen LogP contribution is -2.19. The summed E-state index contributed by atoms with van der Waals surface area (Å²) < 4.78 is 13.5. The number of carboxylic acid groups (broad SMARTS) is 1. The van der Waals surface area contributed by atoms with Gasteiger partial charge in [-0.2, -0.15) is 0 Å². The van der Waals surface area contributed by atoms with E-state index in [0.717, 1.165) is 27.8 Å². The van der Waals surface area contributed by atoms with Gasteiger partial charge >= 0.3 is 5.97 Å². The molecule has 0 saturated heterocycles. The third-order valence-corrected chi connectivity index (χ3v) is 4.86. The van der Waals surface area contributed by atoms with Crippen LogP contribution in [-0.4, -0.2) is 43.5 Å². The van der Waals surface area contributed by atoms with E-state index in [0.29, 0.717) is 5.65 Å². The number of rotatable bonds is 8. The van der Waals surface area contributed by atoms with Gasteiger partial charge in [0.15, 0.2) is 0 Å². The van der Waals surface area contributed by atoms with E-state index in [1.54, 1.807) is 24.4 Å². The maximum atomic E-state index is 13.5. The van der Waals surface area contributed by atoms with Crippen LogP contribution in [0.5, 0.6) is 0 Å². The number of nitrogens with one attached hydrogen (secondary N) is 1. The summed E-state index contributed by atoms with van der Waals surface area (Å²) in [4.78, 5) is 18.6. The number of halogens is 1. The number of fused-ring (bicyclic) bond motifs is 1. The molecule has 0 aliphatic rings. The minimum Gasteiger partial charge on any atom is -0.481 e. The number of aromatic nitrogens is 2. The van der Waals surface area contributed by atoms with Gasteiger partial charge in [0.25, 0.3) is 0 Å². The molecule has 3 rings (SSSR count). The maximum absolute atomic E-state index is 13.5. The van der Waals surface area contributed by atoms with E-state index >= 15 is 0 Å². The number of carbonyl (C=O) groups is 1. The molecule has 0 saturated carbocycles. The molecule has 30 heavy (non-hydrogen) atoms. The molecule has 3 aromatic rings. The Hall–Kier alpha value is -3.03. The van der Waals surface area contributed by atoms with E-state index in [4.69, 9.17) is 10.1 Å². The molecule has 0 aliphatic carbocycles. The first kappa shape index (κ1) is 21.7. The number of H-pyrrole nitrogens is 1. The highest BCUT2D eigenvalue weighted by Crippen LogP contribution is 2.36. The molecule has 0 amide bonds. The van der Waals surface area contributed by atoms with Crippen LogP contribution >= 0.6 is 0 Å². The average Bonchev–Trinajstić information content (AvgIpc) is 3.13. The van der Waals surface area contributed by atoms with Gasteiger partial charge in [-0.05, 0) is 29.7 Å². The highest BCUT2D eigenvalue weighted by molar-refractivity contribution is 5.98. The predicted octanol–water partition coefficient (Wildman–Crippen LogP) is 4.09. The van der Waals surface area contributed by atoms with Crippen LogP contribution in [0.3, 0.4) is 0 Å². The van der Waals surface area contributed by atoms with Crippen LogP contribution in [0.25, 0.3) is 28.2 Å². The van der Waals surface area contributed by atoms with Crippen molar-refractivity contribution in [1.29, 1.82) is 0 Å². The molecular formula is C23H25FN2O4. The van der Waals surface area contributed by atoms with Crippen molar-refractivity contribution in [2.75, 3.05) is 0 Å². The van der Waals surface area contributed by atoms with Crippen molar-refractivity contribution in [2.45, 2.75) is 44.8 Å². The predicted molar refractivity (Wildman–Crippen MR) is 113 cm³/mol. The Morgan fingerprint density at radius 2 is 1.90 bits per heavy atom. The zero-order valence-electron chi connectivity index (χ0n) is 16.8. The van der Waals surface area contributed by atoms with Gasteiger partial charge < -0.3 is 20.3 Å². The topological polar surface area (TPSA) is 106 Å². The maximum Gasteiger partial charge on any atom is 0.305 e. The lowest BCUT2D eigenvalue weighted by Gasteiger charge is -2.17. The number of hydrogen-bond acceptors (Lipinski definition) is 4. The minimum atomic E-state index is -1.14. The quantitative estimate of drug-likeness (QED) is 0.446. The van der Waals surface area contributed by atoms with Crippen LogP contribution in [0, 0.1) is 5.82 Å². The summed E-state index contributed by atoms with van der Waals surface area (Å²) in [5, 5.41) is 29.7. The summed E-state index contributed by atoms with van der Waals surface area (Å²) in [6.45, 7) is 4.02. The van der Waals surface area contributed by atoms with Gasteiger partial charge in [0.2, 0.25) is 0 Å². The van der Waals surface area contributed by atoms with Gasteiger partial charge in [0.1, 0.15) is 11.5 Å². The fourth-order valence-corrected chi connectivity index (χ4v) is 3.49. The third kappa shape index (κ3) is 4.93. The van der Waals surface area contributed by atoms with E-state index in [-0.39, 0.29) is 18.2 Å². The molecule has 158 valence electrons. The summed E-state index contributed by atoms with van der Waals surface area (Å²) in [5.41, 5.74) is 3.98. The zero-order valence-corrected chi connectivity index (χ0v) is 16.8. The lowest BCUT2D eigenvalue weighted by molar-refractivity contribution is -0.139. The van der Waals surface area contributed by atoms with Crippen LogP contribution in [0.1, 0.15) is 43.9 Å². The molecule has 4 N–H and O–H groups in total. The van der Waals surface area contributed by atoms with Gasteiger partial charge in [-0.1, -0.05) is 38.1 Å². The van der Waals surface area contributed by atoms with Gasteiger partial charge in [0, 0.05) is 29.1 Å². The summed E-state index contributed by atoms with van der Waals surface area (Å²) in [6, 6.07) is 8.09. The number of pyridine rings is 1. The minimum absolute atomic E-state index is 0.0753. The molecule has 2 unspecified atom stereocenters. The van der Waals surface area contributed by atoms with Crippen LogP contribution < -0.4 is 0 Å². The Morgan fingerprint density at radius 3 is 2.53 bits per heavy atom. The second-order valence-electron chi connectivity index (χ2n) is 7.60. The van der Waals surface area contributed by atoms with Crippen LogP contribution in [0.15, 0.2) is 42.6 Å². The van der Waals surface area contributed by atoms with Gasteiger partial charge in [-0.3, -0.25) is 4.79 Å². The van der Waals surface area contributed by atoms with Crippen molar-refractivity contribution >= 4 is 23.1 Å². The normalized spacial score (nSPS) is 13.9. The molecule has 2 heterocycles. The Kier molecular flexibility index (Phi) is 6.64. The number of nitrogens with zero attached hydrogens (tertiary/aromatic N) is 1. The average molecular weight is 412 g/mol. The first-order valence-corrected chi connectivity index (χ1v) is 9.79. The first-order valence-electron chi connectivity index (χ1n) is 9.79. The third-order valence-electron chi connectivity index (χ3n) is 4.86. The fourth-order valence-electron chi connectivity index (χ4n) is 3.49. The summed E-state index contributed by atoms with van der Waals surface area (Å²) in [5.74, 6) is -1.38. The molecule has 2 atom stereocenters. The smallest absolute Gasteiger partial charge is 0.305 e. The Labute approximate surface area is 173 Å². The molecule has 2 aromatic heterocycles. The first-order chi connectivity index (χ1) is 14.3. The van der Waals surface area contributed by atoms with Crippen molar-refractivity contribution in [3.63, 3.8) is 0 Å². The van der Waals surface area contributed by atoms with E-state index in [9.17, 15) is 19.4 Å². The number of aliphatic carboxylic acids is 1. The lowest BCUT2D eigenvalue weighted by atomic mass is 9.91. The van der Waals surface area contributed by atoms with E-state index < -0.39 is 24.6 Å². The van der Waals surface area contributed by atoms with Crippen molar-refractivity contribution in [3.8, 4) is 11.1 Å². The SMILES string of the molecule is CC(C)c1nc2[nH]ccc2c(-c2ccc(F)cc2)c1/C=C/C(O)CC(O)CC(=O)O. The van der Waals surface area contributed by atoms with Gasteiger partial charge in [-0.25, -0.2) is 9.37 Å². The van der Waals surface area contributed by atoms with E-state index in [1.807, 2.05) is 19.9 Å². The highest BCUT2D eigenvalue weighted by atomic mass is 19.1. The molecule has 1 aromatic carbocycles. The number of aliphatic hydroxyl groups is 2. The van der Waals surface area contributed by atoms with E-state index in [1.165, 1.54) is 18.2 Å². The zero-order chi connectivity index (χ0) is 21.8. The Bertz CT molecular complexity index is 1060. The summed E-state index contributed by atoms with van der Waals surface area (Å²) >= 11 is 0. The number of aliphatic hydroxyl groups excluding tert-OH is 2. The molecular weight excluding hydrogens is 387 g/mol. The van der Waals surface area contributed by atoms with Gasteiger partial charge in [-0.15, -0.1) is 0 Å². The van der Waals surface area contributed by atoms with Crippen LogP contribution in [-0.2, 0) is 4.79 Å². The second-order valence-corrected chi connectivity index (χ2v) is 7.60. The Balaban J connectivity index is 2.07. The number of carboxylic acids is 1. The van der Waals surface area contributed by atoms with Crippen molar-refractivity contribution in [1.82, 2.24) is 9.97 Å². The molecule has 6 nitrogen and oxygen atoms in total. The number of hydrogen-bond donors (Lipinski definition) is 4. The molecule has 0 fully saturated rings.